The van der Waals surface area contributed by atoms with E-state index < -0.39 is 0 Å². The third-order valence-corrected chi connectivity index (χ3v) is 6.67. The van der Waals surface area contributed by atoms with Crippen molar-refractivity contribution >= 4 is 28.8 Å². The van der Waals surface area contributed by atoms with E-state index in [1.807, 2.05) is 72.2 Å². The van der Waals surface area contributed by atoms with E-state index in [2.05, 4.69) is 15.2 Å². The van der Waals surface area contributed by atoms with Gasteiger partial charge < -0.3 is 15.0 Å². The standard InChI is InChI=1S/C27H28ClN5O2/c1-2-35-25-12-6-3-8-19(25)17-30-27(34)20-9-7-14-32(18-20)26-24-16-23(31-33(24)15-13-29-26)21-10-4-5-11-22(21)28/h3-6,8,10-13,15-16,20H,2,7,9,14,17-18H2,1H3,(H,30,34). The molecule has 1 unspecified atom stereocenters. The van der Waals surface area contributed by atoms with E-state index in [-0.39, 0.29) is 11.8 Å². The van der Waals surface area contributed by atoms with E-state index in [9.17, 15) is 4.79 Å². The molecule has 0 radical (unpaired) electrons. The van der Waals surface area contributed by atoms with Gasteiger partial charge in [0, 0.05) is 43.2 Å². The highest BCUT2D eigenvalue weighted by atomic mass is 35.5. The molecule has 0 bridgehead atoms. The summed E-state index contributed by atoms with van der Waals surface area (Å²) in [7, 11) is 0. The first-order valence-corrected chi connectivity index (χ1v) is 12.3. The lowest BCUT2D eigenvalue weighted by Gasteiger charge is -2.33. The van der Waals surface area contributed by atoms with E-state index in [1.165, 1.54) is 0 Å². The Morgan fingerprint density at radius 3 is 2.89 bits per heavy atom. The first kappa shape index (κ1) is 23.2. The van der Waals surface area contributed by atoms with Gasteiger partial charge in [-0.3, -0.25) is 4.79 Å². The van der Waals surface area contributed by atoms with Gasteiger partial charge in [-0.1, -0.05) is 48.0 Å². The lowest BCUT2D eigenvalue weighted by molar-refractivity contribution is -0.125. The van der Waals surface area contributed by atoms with Gasteiger partial charge >= 0.3 is 0 Å². The predicted molar refractivity (Wildman–Crippen MR) is 138 cm³/mol. The number of fused-ring (bicyclic) bond motifs is 1. The van der Waals surface area contributed by atoms with Crippen LogP contribution >= 0.6 is 11.6 Å². The second kappa shape index (κ2) is 10.4. The summed E-state index contributed by atoms with van der Waals surface area (Å²) in [4.78, 5) is 19.9. The molecule has 4 aromatic rings. The zero-order valence-electron chi connectivity index (χ0n) is 19.7. The summed E-state index contributed by atoms with van der Waals surface area (Å²) in [5.41, 5.74) is 3.55. The van der Waals surface area contributed by atoms with Crippen molar-refractivity contribution in [1.29, 1.82) is 0 Å². The number of benzene rings is 2. The molecule has 1 amide bonds. The Bertz CT molecular complexity index is 1340. The molecule has 1 fully saturated rings. The quantitative estimate of drug-likeness (QED) is 0.396. The number of nitrogens with one attached hydrogen (secondary N) is 1. The SMILES string of the molecule is CCOc1ccccc1CNC(=O)C1CCCN(c2nccn3nc(-c4ccccc4Cl)cc23)C1. The topological polar surface area (TPSA) is 71.8 Å². The fourth-order valence-electron chi connectivity index (χ4n) is 4.61. The molecule has 1 atom stereocenters. The maximum Gasteiger partial charge on any atom is 0.225 e. The molecule has 0 aliphatic carbocycles. The van der Waals surface area contributed by atoms with Crippen LogP contribution in [0.2, 0.25) is 5.02 Å². The number of halogens is 1. The molecular formula is C27H28ClN5O2. The highest BCUT2D eigenvalue weighted by Crippen LogP contribution is 2.31. The van der Waals surface area contributed by atoms with E-state index in [0.29, 0.717) is 24.7 Å². The third kappa shape index (κ3) is 4.95. The van der Waals surface area contributed by atoms with Crippen molar-refractivity contribution < 1.29 is 9.53 Å². The van der Waals surface area contributed by atoms with Crippen LogP contribution in [-0.2, 0) is 11.3 Å². The van der Waals surface area contributed by atoms with Crippen molar-refractivity contribution in [1.82, 2.24) is 19.9 Å². The van der Waals surface area contributed by atoms with Gasteiger partial charge in [-0.2, -0.15) is 5.10 Å². The molecule has 180 valence electrons. The Hall–Kier alpha value is -3.58. The summed E-state index contributed by atoms with van der Waals surface area (Å²) in [6.45, 7) is 4.45. The Morgan fingerprint density at radius 1 is 1.20 bits per heavy atom. The summed E-state index contributed by atoms with van der Waals surface area (Å²) in [6, 6.07) is 17.5. The first-order valence-electron chi connectivity index (χ1n) is 12.0. The lowest BCUT2D eigenvalue weighted by Crippen LogP contribution is -2.43. The van der Waals surface area contributed by atoms with Crippen molar-refractivity contribution in [3.63, 3.8) is 0 Å². The molecule has 1 aliphatic rings. The largest absolute Gasteiger partial charge is 0.494 e. The number of nitrogens with zero attached hydrogens (tertiary/aromatic N) is 4. The molecule has 1 aliphatic heterocycles. The Morgan fingerprint density at radius 2 is 2.03 bits per heavy atom. The van der Waals surface area contributed by atoms with Gasteiger partial charge in [0.2, 0.25) is 5.91 Å². The number of ether oxygens (including phenoxy) is 1. The van der Waals surface area contributed by atoms with Crippen molar-refractivity contribution in [3.8, 4) is 17.0 Å². The average Bonchev–Trinajstić information content (AvgIpc) is 3.33. The Balaban J connectivity index is 1.32. The minimum Gasteiger partial charge on any atom is -0.494 e. The van der Waals surface area contributed by atoms with Gasteiger partial charge in [0.15, 0.2) is 5.82 Å². The van der Waals surface area contributed by atoms with Crippen LogP contribution in [0.3, 0.4) is 0 Å². The maximum atomic E-state index is 13.1. The van der Waals surface area contributed by atoms with Crippen molar-refractivity contribution in [2.24, 2.45) is 5.92 Å². The minimum absolute atomic E-state index is 0.0539. The molecule has 8 heteroatoms. The molecule has 0 spiro atoms. The highest BCUT2D eigenvalue weighted by Gasteiger charge is 2.28. The van der Waals surface area contributed by atoms with Gasteiger partial charge in [0.25, 0.3) is 0 Å². The van der Waals surface area contributed by atoms with Crippen LogP contribution in [0.25, 0.3) is 16.8 Å². The number of carbonyl (C=O) groups excluding carboxylic acids is 1. The number of piperidine rings is 1. The number of hydrogen-bond donors (Lipinski definition) is 1. The molecule has 5 rings (SSSR count). The van der Waals surface area contributed by atoms with Crippen LogP contribution in [0.4, 0.5) is 5.82 Å². The van der Waals surface area contributed by atoms with E-state index >= 15 is 0 Å². The number of anilines is 1. The summed E-state index contributed by atoms with van der Waals surface area (Å²) in [6.07, 6.45) is 5.35. The second-order valence-electron chi connectivity index (χ2n) is 8.63. The molecule has 3 heterocycles. The lowest BCUT2D eigenvalue weighted by atomic mass is 9.97. The zero-order chi connectivity index (χ0) is 24.2. The van der Waals surface area contributed by atoms with Crippen molar-refractivity contribution in [3.05, 3.63) is 77.6 Å². The summed E-state index contributed by atoms with van der Waals surface area (Å²) >= 11 is 6.40. The monoisotopic (exact) mass is 489 g/mol. The minimum atomic E-state index is -0.115. The highest BCUT2D eigenvalue weighted by molar-refractivity contribution is 6.33. The molecular weight excluding hydrogens is 462 g/mol. The molecule has 35 heavy (non-hydrogen) atoms. The Kier molecular flexibility index (Phi) is 6.86. The number of amides is 1. The number of rotatable bonds is 7. The van der Waals surface area contributed by atoms with Gasteiger partial charge in [0.1, 0.15) is 11.3 Å². The maximum absolute atomic E-state index is 13.1. The third-order valence-electron chi connectivity index (χ3n) is 6.34. The summed E-state index contributed by atoms with van der Waals surface area (Å²) in [5.74, 6) is 1.58. The van der Waals surface area contributed by atoms with Gasteiger partial charge in [-0.15, -0.1) is 0 Å². The van der Waals surface area contributed by atoms with E-state index in [0.717, 1.165) is 53.3 Å². The molecule has 7 nitrogen and oxygen atoms in total. The van der Waals surface area contributed by atoms with Gasteiger partial charge in [0.05, 0.1) is 23.2 Å². The van der Waals surface area contributed by atoms with Crippen LogP contribution in [0, 0.1) is 5.92 Å². The van der Waals surface area contributed by atoms with Gasteiger partial charge in [-0.05, 0) is 38.0 Å². The van der Waals surface area contributed by atoms with E-state index in [1.54, 1.807) is 6.20 Å². The normalized spacial score (nSPS) is 15.8. The number of aromatic nitrogens is 3. The number of carbonyl (C=O) groups is 1. The second-order valence-corrected chi connectivity index (χ2v) is 9.04. The fraction of sp³-hybridized carbons (Fsp3) is 0.296. The van der Waals surface area contributed by atoms with Crippen LogP contribution in [-0.4, -0.2) is 40.2 Å². The molecule has 1 N–H and O–H groups in total. The van der Waals surface area contributed by atoms with Crippen molar-refractivity contribution in [2.45, 2.75) is 26.3 Å². The van der Waals surface area contributed by atoms with Crippen LogP contribution < -0.4 is 15.0 Å². The molecule has 2 aromatic heterocycles. The number of hydrogen-bond acceptors (Lipinski definition) is 5. The molecule has 0 saturated carbocycles. The zero-order valence-corrected chi connectivity index (χ0v) is 20.4. The van der Waals surface area contributed by atoms with Gasteiger partial charge in [-0.25, -0.2) is 9.50 Å². The first-order chi connectivity index (χ1) is 17.1. The fourth-order valence-corrected chi connectivity index (χ4v) is 4.84. The van der Waals surface area contributed by atoms with Crippen LogP contribution in [0.5, 0.6) is 5.75 Å². The molecule has 2 aromatic carbocycles. The Labute approximate surface area is 209 Å². The van der Waals surface area contributed by atoms with Crippen LogP contribution in [0.1, 0.15) is 25.3 Å². The molecule has 1 saturated heterocycles. The van der Waals surface area contributed by atoms with Crippen LogP contribution in [0.15, 0.2) is 67.0 Å². The van der Waals surface area contributed by atoms with E-state index in [4.69, 9.17) is 21.4 Å². The smallest absolute Gasteiger partial charge is 0.225 e. The average molecular weight is 490 g/mol. The predicted octanol–water partition coefficient (Wildman–Crippen LogP) is 4.98. The van der Waals surface area contributed by atoms with Crippen molar-refractivity contribution in [2.75, 3.05) is 24.6 Å². The number of para-hydroxylation sites is 1. The summed E-state index contributed by atoms with van der Waals surface area (Å²) in [5, 5.41) is 8.48. The summed E-state index contributed by atoms with van der Waals surface area (Å²) < 4.78 is 7.52.